The first-order chi connectivity index (χ1) is 10.2. The quantitative estimate of drug-likeness (QED) is 0.791. The number of para-hydroxylation sites is 1. The Morgan fingerprint density at radius 3 is 2.62 bits per heavy atom. The lowest BCUT2D eigenvalue weighted by atomic mass is 10.2. The van der Waals surface area contributed by atoms with Crippen molar-refractivity contribution in [2.24, 2.45) is 0 Å². The highest BCUT2D eigenvalue weighted by molar-refractivity contribution is 7.97. The van der Waals surface area contributed by atoms with Gasteiger partial charge in [-0.25, -0.2) is 4.98 Å². The molecule has 2 aromatic carbocycles. The zero-order valence-electron chi connectivity index (χ0n) is 11.2. The highest BCUT2D eigenvalue weighted by Gasteiger charge is 2.03. The van der Waals surface area contributed by atoms with Gasteiger partial charge in [-0.1, -0.05) is 35.9 Å². The fourth-order valence-electron chi connectivity index (χ4n) is 2.05. The predicted molar refractivity (Wildman–Crippen MR) is 88.8 cm³/mol. The molecule has 0 amide bonds. The Morgan fingerprint density at radius 1 is 1.05 bits per heavy atom. The molecule has 3 nitrogen and oxygen atoms in total. The lowest BCUT2D eigenvalue weighted by Crippen LogP contribution is -2.11. The second kappa shape index (κ2) is 6.33. The van der Waals surface area contributed by atoms with Crippen molar-refractivity contribution in [3.63, 3.8) is 0 Å². The predicted octanol–water partition coefficient (Wildman–Crippen LogP) is 4.01. The number of nitrogens with zero attached hydrogens (tertiary/aromatic N) is 1. The number of fused-ring (bicyclic) bond motifs is 1. The molecular formula is C16H13ClN2OS. The van der Waals surface area contributed by atoms with Crippen molar-refractivity contribution in [1.82, 2.24) is 9.97 Å². The number of nitrogens with one attached hydrogen (secondary N) is 1. The minimum absolute atomic E-state index is 0.0808. The van der Waals surface area contributed by atoms with Gasteiger partial charge in [0.05, 0.1) is 16.7 Å². The zero-order chi connectivity index (χ0) is 14.7. The topological polar surface area (TPSA) is 45.8 Å². The first-order valence-electron chi connectivity index (χ1n) is 6.52. The van der Waals surface area contributed by atoms with E-state index in [4.69, 9.17) is 11.6 Å². The summed E-state index contributed by atoms with van der Waals surface area (Å²) in [7, 11) is 0. The molecule has 0 saturated carbocycles. The smallest absolute Gasteiger partial charge is 0.258 e. The number of rotatable bonds is 4. The highest BCUT2D eigenvalue weighted by Crippen LogP contribution is 2.18. The van der Waals surface area contributed by atoms with Crippen molar-refractivity contribution in [2.75, 3.05) is 0 Å². The molecule has 1 heterocycles. The van der Waals surface area contributed by atoms with Crippen LogP contribution in [0, 0.1) is 0 Å². The molecule has 3 rings (SSSR count). The number of H-pyrrole nitrogens is 1. The van der Waals surface area contributed by atoms with E-state index < -0.39 is 0 Å². The van der Waals surface area contributed by atoms with E-state index in [1.807, 2.05) is 42.5 Å². The van der Waals surface area contributed by atoms with Gasteiger partial charge in [0.1, 0.15) is 5.82 Å². The summed E-state index contributed by atoms with van der Waals surface area (Å²) in [6.07, 6.45) is 0. The number of thioether (sulfide) groups is 1. The van der Waals surface area contributed by atoms with Crippen molar-refractivity contribution < 1.29 is 0 Å². The molecule has 0 aliphatic carbocycles. The van der Waals surface area contributed by atoms with E-state index in [1.54, 1.807) is 17.8 Å². The first kappa shape index (κ1) is 14.2. The van der Waals surface area contributed by atoms with Crippen molar-refractivity contribution in [1.29, 1.82) is 0 Å². The van der Waals surface area contributed by atoms with Gasteiger partial charge in [-0.2, -0.15) is 0 Å². The van der Waals surface area contributed by atoms with E-state index in [0.717, 1.165) is 16.3 Å². The van der Waals surface area contributed by atoms with Crippen molar-refractivity contribution in [3.8, 4) is 0 Å². The van der Waals surface area contributed by atoms with E-state index in [9.17, 15) is 4.79 Å². The van der Waals surface area contributed by atoms with Crippen LogP contribution in [0.1, 0.15) is 11.4 Å². The van der Waals surface area contributed by atoms with Crippen molar-refractivity contribution in [2.45, 2.75) is 11.5 Å². The first-order valence-corrected chi connectivity index (χ1v) is 8.06. The molecule has 1 N–H and O–H groups in total. The summed E-state index contributed by atoms with van der Waals surface area (Å²) in [4.78, 5) is 19.3. The van der Waals surface area contributed by atoms with Gasteiger partial charge in [0.25, 0.3) is 5.56 Å². The van der Waals surface area contributed by atoms with Crippen LogP contribution in [-0.4, -0.2) is 9.97 Å². The summed E-state index contributed by atoms with van der Waals surface area (Å²) in [5, 5.41) is 1.37. The van der Waals surface area contributed by atoms with Gasteiger partial charge in [-0.3, -0.25) is 4.79 Å². The minimum Gasteiger partial charge on any atom is -0.309 e. The molecule has 0 aliphatic heterocycles. The molecule has 21 heavy (non-hydrogen) atoms. The maximum absolute atomic E-state index is 12.0. The Hall–Kier alpha value is -1.78. The Labute approximate surface area is 131 Å². The Bertz CT molecular complexity index is 814. The Balaban J connectivity index is 1.70. The van der Waals surface area contributed by atoms with Crippen LogP contribution >= 0.6 is 23.4 Å². The number of hydrogen-bond donors (Lipinski definition) is 1. The highest BCUT2D eigenvalue weighted by atomic mass is 35.5. The third-order valence-electron chi connectivity index (χ3n) is 3.08. The lowest BCUT2D eigenvalue weighted by Gasteiger charge is -2.04. The van der Waals surface area contributed by atoms with E-state index in [1.165, 1.54) is 5.56 Å². The van der Waals surface area contributed by atoms with Crippen LogP contribution in [-0.2, 0) is 11.5 Å². The summed E-state index contributed by atoms with van der Waals surface area (Å²) in [6, 6.07) is 15.1. The average Bonchev–Trinajstić information content (AvgIpc) is 2.49. The van der Waals surface area contributed by atoms with E-state index in [2.05, 4.69) is 9.97 Å². The average molecular weight is 317 g/mol. The molecule has 5 heteroatoms. The van der Waals surface area contributed by atoms with Gasteiger partial charge in [0.15, 0.2) is 0 Å². The van der Waals surface area contributed by atoms with Gasteiger partial charge in [0.2, 0.25) is 0 Å². The molecule has 1 aromatic heterocycles. The fraction of sp³-hybridized carbons (Fsp3) is 0.125. The molecule has 3 aromatic rings. The van der Waals surface area contributed by atoms with Gasteiger partial charge in [0, 0.05) is 10.8 Å². The molecule has 0 aliphatic rings. The number of aromatic amines is 1. The zero-order valence-corrected chi connectivity index (χ0v) is 12.7. The number of hydrogen-bond acceptors (Lipinski definition) is 3. The normalized spacial score (nSPS) is 10.9. The largest absolute Gasteiger partial charge is 0.309 e. The van der Waals surface area contributed by atoms with E-state index in [-0.39, 0.29) is 5.56 Å². The molecule has 0 radical (unpaired) electrons. The number of aromatic nitrogens is 2. The maximum Gasteiger partial charge on any atom is 0.258 e. The molecule has 0 spiro atoms. The van der Waals surface area contributed by atoms with Crippen molar-refractivity contribution >= 4 is 34.3 Å². The van der Waals surface area contributed by atoms with Gasteiger partial charge >= 0.3 is 0 Å². The Kier molecular flexibility index (Phi) is 4.27. The number of benzene rings is 2. The van der Waals surface area contributed by atoms with Crippen LogP contribution in [0.15, 0.2) is 53.3 Å². The Morgan fingerprint density at radius 2 is 1.81 bits per heavy atom. The molecule has 106 valence electrons. The van der Waals surface area contributed by atoms with Crippen LogP contribution in [0.3, 0.4) is 0 Å². The van der Waals surface area contributed by atoms with Crippen LogP contribution in [0.25, 0.3) is 10.9 Å². The van der Waals surface area contributed by atoms with Crippen molar-refractivity contribution in [3.05, 3.63) is 75.3 Å². The minimum atomic E-state index is -0.0808. The van der Waals surface area contributed by atoms with Crippen LogP contribution in [0.5, 0.6) is 0 Å². The molecule has 0 bridgehead atoms. The van der Waals surface area contributed by atoms with Gasteiger partial charge < -0.3 is 4.98 Å². The monoisotopic (exact) mass is 316 g/mol. The molecule has 0 fully saturated rings. The van der Waals surface area contributed by atoms with Crippen LogP contribution < -0.4 is 5.56 Å². The van der Waals surface area contributed by atoms with E-state index in [0.29, 0.717) is 17.0 Å². The number of halogens is 1. The molecule has 0 saturated heterocycles. The molecule has 0 unspecified atom stereocenters. The van der Waals surface area contributed by atoms with E-state index >= 15 is 0 Å². The lowest BCUT2D eigenvalue weighted by molar-refractivity contribution is 1.04. The van der Waals surface area contributed by atoms with Crippen LogP contribution in [0.2, 0.25) is 5.02 Å². The summed E-state index contributed by atoms with van der Waals surface area (Å²) in [5.74, 6) is 2.23. The van der Waals surface area contributed by atoms with Gasteiger partial charge in [-0.15, -0.1) is 11.8 Å². The maximum atomic E-state index is 12.0. The summed E-state index contributed by atoms with van der Waals surface area (Å²) >= 11 is 7.56. The third kappa shape index (κ3) is 3.46. The SMILES string of the molecule is O=c1[nH]c(CSCc2ccc(Cl)cc2)nc2ccccc12. The fourth-order valence-corrected chi connectivity index (χ4v) is 3.04. The van der Waals surface area contributed by atoms with Gasteiger partial charge in [-0.05, 0) is 29.8 Å². The second-order valence-corrected chi connectivity index (χ2v) is 6.07. The third-order valence-corrected chi connectivity index (χ3v) is 4.35. The molecular weight excluding hydrogens is 304 g/mol. The second-order valence-electron chi connectivity index (χ2n) is 4.65. The van der Waals surface area contributed by atoms with Crippen LogP contribution in [0.4, 0.5) is 0 Å². The summed E-state index contributed by atoms with van der Waals surface area (Å²) in [5.41, 5.74) is 1.86. The summed E-state index contributed by atoms with van der Waals surface area (Å²) < 4.78 is 0. The molecule has 0 atom stereocenters. The standard InChI is InChI=1S/C16H13ClN2OS/c17-12-7-5-11(6-8-12)9-21-10-15-18-14-4-2-1-3-13(14)16(20)19-15/h1-8H,9-10H2,(H,18,19,20). The summed E-state index contributed by atoms with van der Waals surface area (Å²) in [6.45, 7) is 0.